The van der Waals surface area contributed by atoms with E-state index in [1.807, 2.05) is 53.1 Å². The lowest BCUT2D eigenvalue weighted by molar-refractivity contribution is -0.141. The van der Waals surface area contributed by atoms with Crippen LogP contribution in [0.1, 0.15) is 27.2 Å². The Labute approximate surface area is 149 Å². The Kier molecular flexibility index (Phi) is 8.85. The summed E-state index contributed by atoms with van der Waals surface area (Å²) < 4.78 is 11.4. The SMILES string of the molecule is CC(C)CC(NC(=O)C(N)C(C)O[Si](C)(C)C)C(=O)O[Si](C)(C)C. The van der Waals surface area contributed by atoms with Crippen molar-refractivity contribution in [2.75, 3.05) is 0 Å². The van der Waals surface area contributed by atoms with Gasteiger partial charge in [0, 0.05) is 0 Å². The average molecular weight is 377 g/mol. The van der Waals surface area contributed by atoms with Gasteiger partial charge in [-0.05, 0) is 58.5 Å². The molecule has 0 aromatic heterocycles. The van der Waals surface area contributed by atoms with Crippen LogP contribution in [-0.4, -0.2) is 46.7 Å². The van der Waals surface area contributed by atoms with E-state index in [-0.39, 0.29) is 17.8 Å². The Morgan fingerprint density at radius 1 is 1.00 bits per heavy atom. The van der Waals surface area contributed by atoms with Gasteiger partial charge >= 0.3 is 5.97 Å². The molecule has 6 nitrogen and oxygen atoms in total. The molecule has 0 heterocycles. The van der Waals surface area contributed by atoms with E-state index in [1.54, 1.807) is 6.92 Å². The highest BCUT2D eigenvalue weighted by Crippen LogP contribution is 2.13. The Hall–Kier alpha value is -0.706. The fourth-order valence-corrected chi connectivity index (χ4v) is 4.18. The first kappa shape index (κ1) is 23.3. The van der Waals surface area contributed by atoms with Crippen LogP contribution in [0.2, 0.25) is 39.3 Å². The molecule has 8 heteroatoms. The van der Waals surface area contributed by atoms with Gasteiger partial charge in [0.1, 0.15) is 12.1 Å². The molecule has 0 aliphatic rings. The van der Waals surface area contributed by atoms with Gasteiger partial charge in [-0.15, -0.1) is 0 Å². The lowest BCUT2D eigenvalue weighted by Gasteiger charge is -2.29. The van der Waals surface area contributed by atoms with Crippen molar-refractivity contribution < 1.29 is 18.4 Å². The van der Waals surface area contributed by atoms with E-state index < -0.39 is 34.8 Å². The molecule has 3 atom stereocenters. The van der Waals surface area contributed by atoms with Crippen LogP contribution in [0.3, 0.4) is 0 Å². The Morgan fingerprint density at radius 3 is 1.88 bits per heavy atom. The summed E-state index contributed by atoms with van der Waals surface area (Å²) in [7, 11) is -3.81. The monoisotopic (exact) mass is 376 g/mol. The van der Waals surface area contributed by atoms with Crippen molar-refractivity contribution in [3.05, 3.63) is 0 Å². The highest BCUT2D eigenvalue weighted by molar-refractivity contribution is 6.71. The van der Waals surface area contributed by atoms with Crippen LogP contribution in [0.25, 0.3) is 0 Å². The van der Waals surface area contributed by atoms with Gasteiger partial charge in [0.2, 0.25) is 14.2 Å². The molecular formula is C16H36N2O4Si2. The lowest BCUT2D eigenvalue weighted by atomic mass is 10.0. The van der Waals surface area contributed by atoms with Crippen molar-refractivity contribution in [2.24, 2.45) is 11.7 Å². The smallest absolute Gasteiger partial charge is 0.315 e. The molecule has 0 saturated heterocycles. The molecule has 3 unspecified atom stereocenters. The van der Waals surface area contributed by atoms with Crippen LogP contribution in [0, 0.1) is 5.92 Å². The van der Waals surface area contributed by atoms with Gasteiger partial charge in [-0.1, -0.05) is 13.8 Å². The number of nitrogens with one attached hydrogen (secondary N) is 1. The third kappa shape index (κ3) is 10.2. The topological polar surface area (TPSA) is 90.7 Å². The summed E-state index contributed by atoms with van der Waals surface area (Å²) in [6.45, 7) is 17.7. The van der Waals surface area contributed by atoms with Crippen LogP contribution in [-0.2, 0) is 18.4 Å². The minimum Gasteiger partial charge on any atom is -0.518 e. The second kappa shape index (κ2) is 9.12. The highest BCUT2D eigenvalue weighted by Gasteiger charge is 2.32. The first-order valence-corrected chi connectivity index (χ1v) is 15.4. The van der Waals surface area contributed by atoms with Crippen molar-refractivity contribution >= 4 is 28.5 Å². The van der Waals surface area contributed by atoms with Crippen molar-refractivity contribution in [3.8, 4) is 0 Å². The second-order valence-electron chi connectivity index (χ2n) is 8.69. The molecule has 1 amide bonds. The summed E-state index contributed by atoms with van der Waals surface area (Å²) in [6, 6.07) is -1.49. The predicted octanol–water partition coefficient (Wildman–Crippen LogP) is 2.46. The second-order valence-corrected chi connectivity index (χ2v) is 17.6. The van der Waals surface area contributed by atoms with Gasteiger partial charge < -0.3 is 19.9 Å². The van der Waals surface area contributed by atoms with Gasteiger partial charge in [0.25, 0.3) is 0 Å². The number of carbonyl (C=O) groups excluding carboxylic acids is 2. The van der Waals surface area contributed by atoms with Crippen molar-refractivity contribution in [3.63, 3.8) is 0 Å². The summed E-state index contributed by atoms with van der Waals surface area (Å²) >= 11 is 0. The summed E-state index contributed by atoms with van der Waals surface area (Å²) in [5, 5.41) is 2.76. The van der Waals surface area contributed by atoms with Crippen LogP contribution in [0.4, 0.5) is 0 Å². The number of hydrogen-bond donors (Lipinski definition) is 2. The number of amides is 1. The summed E-state index contributed by atoms with van der Waals surface area (Å²) in [6.07, 6.45) is 0.120. The van der Waals surface area contributed by atoms with Crippen LogP contribution in [0.15, 0.2) is 0 Å². The van der Waals surface area contributed by atoms with Crippen molar-refractivity contribution in [2.45, 2.75) is 84.7 Å². The molecule has 0 fully saturated rings. The van der Waals surface area contributed by atoms with Crippen molar-refractivity contribution in [1.29, 1.82) is 0 Å². The molecular weight excluding hydrogens is 340 g/mol. The van der Waals surface area contributed by atoms with E-state index >= 15 is 0 Å². The van der Waals surface area contributed by atoms with Crippen molar-refractivity contribution in [1.82, 2.24) is 5.32 Å². The summed E-state index contributed by atoms with van der Waals surface area (Å²) in [5.41, 5.74) is 6.02. The van der Waals surface area contributed by atoms with Crippen LogP contribution in [0.5, 0.6) is 0 Å². The zero-order chi connectivity index (χ0) is 19.3. The Bertz CT molecular complexity index is 431. The maximum Gasteiger partial charge on any atom is 0.315 e. The van der Waals surface area contributed by atoms with Gasteiger partial charge in [0.05, 0.1) is 6.10 Å². The fraction of sp³-hybridized carbons (Fsp3) is 0.875. The standard InChI is InChI=1S/C16H36N2O4Si2/c1-11(2)10-13(16(20)22-24(7,8)9)18-15(19)14(17)12(3)21-23(4,5)6/h11-14H,10,17H2,1-9H3,(H,18,19). The minimum absolute atomic E-state index is 0.247. The molecule has 0 saturated carbocycles. The molecule has 0 aromatic carbocycles. The molecule has 0 rings (SSSR count). The molecule has 0 aliphatic carbocycles. The molecule has 24 heavy (non-hydrogen) atoms. The Morgan fingerprint density at radius 2 is 1.50 bits per heavy atom. The molecule has 0 aromatic rings. The normalized spacial score (nSPS) is 16.5. The van der Waals surface area contributed by atoms with E-state index in [9.17, 15) is 9.59 Å². The third-order valence-electron chi connectivity index (χ3n) is 3.06. The maximum absolute atomic E-state index is 12.4. The van der Waals surface area contributed by atoms with Crippen LogP contribution < -0.4 is 11.1 Å². The van der Waals surface area contributed by atoms with E-state index in [0.717, 1.165) is 0 Å². The number of nitrogens with two attached hydrogens (primary N) is 1. The van der Waals surface area contributed by atoms with Gasteiger partial charge in [0.15, 0.2) is 8.32 Å². The van der Waals surface area contributed by atoms with Crippen LogP contribution >= 0.6 is 0 Å². The molecule has 3 N–H and O–H groups in total. The third-order valence-corrected chi connectivity index (χ3v) is 4.96. The summed E-state index contributed by atoms with van der Waals surface area (Å²) in [5.74, 6) is -0.502. The predicted molar refractivity (Wildman–Crippen MR) is 103 cm³/mol. The maximum atomic E-state index is 12.4. The fourth-order valence-electron chi connectivity index (χ4n) is 2.17. The summed E-state index contributed by atoms with van der Waals surface area (Å²) in [4.78, 5) is 24.8. The van der Waals surface area contributed by atoms with Gasteiger partial charge in [-0.25, -0.2) is 0 Å². The van der Waals surface area contributed by atoms with E-state index in [0.29, 0.717) is 6.42 Å². The Balaban J connectivity index is 4.95. The molecule has 0 bridgehead atoms. The zero-order valence-corrected chi connectivity index (χ0v) is 18.7. The van der Waals surface area contributed by atoms with Gasteiger partial charge in [-0.2, -0.15) is 0 Å². The number of hydrogen-bond acceptors (Lipinski definition) is 5. The first-order chi connectivity index (χ1) is 10.6. The molecule has 0 aliphatic heterocycles. The number of rotatable bonds is 9. The average Bonchev–Trinajstić information content (AvgIpc) is 2.32. The molecule has 0 spiro atoms. The number of carbonyl (C=O) groups is 2. The highest BCUT2D eigenvalue weighted by atomic mass is 28.4. The zero-order valence-electron chi connectivity index (χ0n) is 16.7. The lowest BCUT2D eigenvalue weighted by Crippen LogP contribution is -2.55. The van der Waals surface area contributed by atoms with E-state index in [4.69, 9.17) is 14.6 Å². The first-order valence-electron chi connectivity index (χ1n) is 8.59. The minimum atomic E-state index is -2.02. The van der Waals surface area contributed by atoms with E-state index in [1.165, 1.54) is 0 Å². The molecule has 142 valence electrons. The van der Waals surface area contributed by atoms with Gasteiger partial charge in [-0.3, -0.25) is 9.59 Å². The van der Waals surface area contributed by atoms with E-state index in [2.05, 4.69) is 5.32 Å². The largest absolute Gasteiger partial charge is 0.518 e. The molecule has 0 radical (unpaired) electrons. The quantitative estimate of drug-likeness (QED) is 0.603.